The van der Waals surface area contributed by atoms with E-state index in [-0.39, 0.29) is 0 Å². The predicted octanol–water partition coefficient (Wildman–Crippen LogP) is 1.75. The Bertz CT molecular complexity index is 377. The molecule has 1 saturated heterocycles. The molecule has 2 heterocycles. The Balaban J connectivity index is 2.12. The molecule has 0 aromatic carbocycles. The molecule has 0 spiro atoms. The smallest absolute Gasteiger partial charge is 0.134 e. The summed E-state index contributed by atoms with van der Waals surface area (Å²) in [5.74, 6) is 1.37. The van der Waals surface area contributed by atoms with Crippen LogP contribution < -0.4 is 5.32 Å². The zero-order chi connectivity index (χ0) is 13.0. The van der Waals surface area contributed by atoms with E-state index in [4.69, 9.17) is 4.74 Å². The summed E-state index contributed by atoms with van der Waals surface area (Å²) in [6.07, 6.45) is 3.24. The minimum absolute atomic E-state index is 0.397. The fourth-order valence-electron chi connectivity index (χ4n) is 2.49. The third kappa shape index (κ3) is 3.06. The van der Waals surface area contributed by atoms with Gasteiger partial charge in [0.05, 0.1) is 6.61 Å². The highest BCUT2D eigenvalue weighted by Gasteiger charge is 2.21. The minimum atomic E-state index is 0.397. The van der Waals surface area contributed by atoms with Crippen molar-refractivity contribution < 1.29 is 4.74 Å². The third-order valence-corrected chi connectivity index (χ3v) is 3.59. The molecule has 1 aliphatic rings. The van der Waals surface area contributed by atoms with Gasteiger partial charge >= 0.3 is 0 Å². The lowest BCUT2D eigenvalue weighted by Crippen LogP contribution is -2.12. The van der Waals surface area contributed by atoms with Crippen LogP contribution in [0.4, 0.5) is 0 Å². The first-order valence-electron chi connectivity index (χ1n) is 6.78. The first-order chi connectivity index (χ1) is 8.72. The minimum Gasteiger partial charge on any atom is -0.381 e. The first kappa shape index (κ1) is 13.4. The Morgan fingerprint density at radius 3 is 2.56 bits per heavy atom. The molecule has 1 aromatic rings. The average molecular weight is 249 g/mol. The topological polar surface area (TPSA) is 47.0 Å². The van der Waals surface area contributed by atoms with E-state index in [0.29, 0.717) is 5.92 Å². The number of hydrogen-bond donors (Lipinski definition) is 1. The van der Waals surface area contributed by atoms with Crippen LogP contribution >= 0.6 is 0 Å². The van der Waals surface area contributed by atoms with Crippen LogP contribution in [-0.4, -0.2) is 36.8 Å². The number of aromatic nitrogens is 2. The largest absolute Gasteiger partial charge is 0.381 e. The summed E-state index contributed by atoms with van der Waals surface area (Å²) in [5.41, 5.74) is 3.59. The highest BCUT2D eigenvalue weighted by molar-refractivity contribution is 5.25. The Hall–Kier alpha value is -1.00. The van der Waals surface area contributed by atoms with Gasteiger partial charge in [0, 0.05) is 23.9 Å². The molecule has 18 heavy (non-hydrogen) atoms. The van der Waals surface area contributed by atoms with Crippen LogP contribution in [0.15, 0.2) is 0 Å². The highest BCUT2D eigenvalue weighted by Crippen LogP contribution is 2.24. The van der Waals surface area contributed by atoms with E-state index in [1.165, 1.54) is 5.56 Å². The van der Waals surface area contributed by atoms with Gasteiger partial charge in [0.2, 0.25) is 0 Å². The van der Waals surface area contributed by atoms with Crippen molar-refractivity contribution in [3.8, 4) is 0 Å². The molecule has 0 aliphatic carbocycles. The van der Waals surface area contributed by atoms with Crippen LogP contribution in [0.1, 0.15) is 41.5 Å². The summed E-state index contributed by atoms with van der Waals surface area (Å²) in [5, 5.41) is 3.18. The zero-order valence-corrected chi connectivity index (χ0v) is 11.6. The van der Waals surface area contributed by atoms with Crippen molar-refractivity contribution in [2.45, 2.75) is 39.0 Å². The normalized spacial score (nSPS) is 19.4. The molecule has 1 aromatic heterocycles. The molecule has 1 fully saturated rings. The van der Waals surface area contributed by atoms with Gasteiger partial charge in [0.1, 0.15) is 5.82 Å². The van der Waals surface area contributed by atoms with Crippen molar-refractivity contribution in [2.24, 2.45) is 0 Å². The second-order valence-corrected chi connectivity index (χ2v) is 5.00. The number of nitrogens with one attached hydrogen (secondary N) is 1. The summed E-state index contributed by atoms with van der Waals surface area (Å²) in [6.45, 7) is 6.86. The zero-order valence-electron chi connectivity index (χ0n) is 11.6. The van der Waals surface area contributed by atoms with Crippen LogP contribution in [0.3, 0.4) is 0 Å². The van der Waals surface area contributed by atoms with E-state index < -0.39 is 0 Å². The van der Waals surface area contributed by atoms with E-state index in [0.717, 1.165) is 56.2 Å². The molecule has 0 saturated carbocycles. The molecule has 100 valence electrons. The van der Waals surface area contributed by atoms with Gasteiger partial charge in [-0.1, -0.05) is 0 Å². The highest BCUT2D eigenvalue weighted by atomic mass is 16.5. The Morgan fingerprint density at radius 1 is 1.28 bits per heavy atom. The quantitative estimate of drug-likeness (QED) is 0.808. The number of nitrogens with zero attached hydrogens (tertiary/aromatic N) is 2. The molecule has 0 amide bonds. The molecule has 1 atom stereocenters. The molecule has 1 N–H and O–H groups in total. The lowest BCUT2D eigenvalue weighted by atomic mass is 10.0. The second kappa shape index (κ2) is 6.25. The Morgan fingerprint density at radius 2 is 2.00 bits per heavy atom. The average Bonchev–Trinajstić information content (AvgIpc) is 2.86. The number of hydrogen-bond acceptors (Lipinski definition) is 4. The molecule has 4 nitrogen and oxygen atoms in total. The van der Waals surface area contributed by atoms with Crippen molar-refractivity contribution in [1.82, 2.24) is 15.3 Å². The molecule has 1 unspecified atom stereocenters. The Kier molecular flexibility index (Phi) is 4.66. The first-order valence-corrected chi connectivity index (χ1v) is 6.78. The number of ether oxygens (including phenoxy) is 1. The predicted molar refractivity (Wildman–Crippen MR) is 71.9 cm³/mol. The van der Waals surface area contributed by atoms with Gasteiger partial charge in [-0.25, -0.2) is 9.97 Å². The van der Waals surface area contributed by atoms with Crippen molar-refractivity contribution in [2.75, 3.05) is 26.8 Å². The van der Waals surface area contributed by atoms with Crippen LogP contribution in [0.5, 0.6) is 0 Å². The van der Waals surface area contributed by atoms with Crippen LogP contribution in [0.2, 0.25) is 0 Å². The molecule has 2 rings (SSSR count). The van der Waals surface area contributed by atoms with E-state index in [9.17, 15) is 0 Å². The van der Waals surface area contributed by atoms with Crippen LogP contribution in [0, 0.1) is 13.8 Å². The summed E-state index contributed by atoms with van der Waals surface area (Å²) < 4.78 is 5.41. The standard InChI is InChI=1S/C14H23N3O/c1-10-13(5-4-7-15-3)11(2)17-14(16-10)12-6-8-18-9-12/h12,15H,4-9H2,1-3H3. The number of rotatable bonds is 5. The van der Waals surface area contributed by atoms with Gasteiger partial charge in [0.25, 0.3) is 0 Å². The fourth-order valence-corrected chi connectivity index (χ4v) is 2.49. The molecule has 0 radical (unpaired) electrons. The lowest BCUT2D eigenvalue weighted by Gasteiger charge is -2.13. The second-order valence-electron chi connectivity index (χ2n) is 5.00. The summed E-state index contributed by atoms with van der Waals surface area (Å²) in [4.78, 5) is 9.37. The van der Waals surface area contributed by atoms with Gasteiger partial charge in [-0.05, 0) is 52.3 Å². The van der Waals surface area contributed by atoms with Crippen molar-refractivity contribution >= 4 is 0 Å². The van der Waals surface area contributed by atoms with Crippen LogP contribution in [0.25, 0.3) is 0 Å². The third-order valence-electron chi connectivity index (χ3n) is 3.59. The molecular weight excluding hydrogens is 226 g/mol. The number of aryl methyl sites for hydroxylation is 2. The fraction of sp³-hybridized carbons (Fsp3) is 0.714. The van der Waals surface area contributed by atoms with Gasteiger partial charge in [0.15, 0.2) is 0 Å². The lowest BCUT2D eigenvalue weighted by molar-refractivity contribution is 0.193. The van der Waals surface area contributed by atoms with E-state index >= 15 is 0 Å². The van der Waals surface area contributed by atoms with E-state index in [1.54, 1.807) is 0 Å². The molecular formula is C14H23N3O. The van der Waals surface area contributed by atoms with Gasteiger partial charge in [-0.15, -0.1) is 0 Å². The van der Waals surface area contributed by atoms with E-state index in [2.05, 4.69) is 29.1 Å². The maximum atomic E-state index is 5.41. The monoisotopic (exact) mass is 249 g/mol. The summed E-state index contributed by atoms with van der Waals surface area (Å²) in [6, 6.07) is 0. The van der Waals surface area contributed by atoms with Gasteiger partial charge in [-0.3, -0.25) is 0 Å². The molecule has 1 aliphatic heterocycles. The van der Waals surface area contributed by atoms with Crippen LogP contribution in [-0.2, 0) is 11.2 Å². The van der Waals surface area contributed by atoms with Crippen molar-refractivity contribution in [1.29, 1.82) is 0 Å². The maximum Gasteiger partial charge on any atom is 0.134 e. The SMILES string of the molecule is CNCCCc1c(C)nc(C2CCOC2)nc1C. The van der Waals surface area contributed by atoms with Crippen molar-refractivity contribution in [3.63, 3.8) is 0 Å². The summed E-state index contributed by atoms with van der Waals surface area (Å²) in [7, 11) is 1.99. The van der Waals surface area contributed by atoms with Gasteiger partial charge < -0.3 is 10.1 Å². The maximum absolute atomic E-state index is 5.41. The van der Waals surface area contributed by atoms with E-state index in [1.807, 2.05) is 7.05 Å². The Labute approximate surface area is 109 Å². The van der Waals surface area contributed by atoms with Crippen molar-refractivity contribution in [3.05, 3.63) is 22.8 Å². The van der Waals surface area contributed by atoms with Gasteiger partial charge in [-0.2, -0.15) is 0 Å². The summed E-state index contributed by atoms with van der Waals surface area (Å²) >= 11 is 0. The molecule has 0 bridgehead atoms. The molecule has 4 heteroatoms.